The van der Waals surface area contributed by atoms with Crippen molar-refractivity contribution in [2.75, 3.05) is 20.2 Å². The molecule has 0 aliphatic heterocycles. The lowest BCUT2D eigenvalue weighted by Crippen LogP contribution is -2.43. The molecule has 0 unspecified atom stereocenters. The summed E-state index contributed by atoms with van der Waals surface area (Å²) in [4.78, 5) is 16.5. The van der Waals surface area contributed by atoms with Gasteiger partial charge in [-0.05, 0) is 63.2 Å². The molecule has 2 aromatic carbocycles. The highest BCUT2D eigenvalue weighted by atomic mass is 32.3. The standard InChI is InChI=1S/C23H30N4O5S/c1-23(2,3)32-22(28)26-13-14-27-33(24,29)18-8-5-16(6-9-18)31-21-11-12-25-20-15-17(30-4)7-10-19(20)21/h5-12,15,33H,13-14H2,1-4H3,(H,26,28)(H3,24,27,29). The Hall–Kier alpha value is -3.21. The van der Waals surface area contributed by atoms with Crippen LogP contribution in [0.5, 0.6) is 17.2 Å². The van der Waals surface area contributed by atoms with E-state index in [0.29, 0.717) is 22.1 Å². The number of benzene rings is 2. The third kappa shape index (κ3) is 6.88. The van der Waals surface area contributed by atoms with Crippen LogP contribution in [0.4, 0.5) is 4.79 Å². The fraction of sp³-hybridized carbons (Fsp3) is 0.304. The Labute approximate surface area is 194 Å². The summed E-state index contributed by atoms with van der Waals surface area (Å²) in [7, 11) is -1.72. The molecule has 0 aliphatic carbocycles. The predicted molar refractivity (Wildman–Crippen MR) is 129 cm³/mol. The van der Waals surface area contributed by atoms with Gasteiger partial charge in [0.15, 0.2) is 0 Å². The van der Waals surface area contributed by atoms with Crippen molar-refractivity contribution in [3.05, 3.63) is 54.7 Å². The number of alkyl carbamates (subject to hydrolysis) is 1. The van der Waals surface area contributed by atoms with Crippen LogP contribution in [0.3, 0.4) is 0 Å². The summed E-state index contributed by atoms with van der Waals surface area (Å²) in [6, 6.07) is 14.0. The van der Waals surface area contributed by atoms with Crippen LogP contribution in [0, 0.1) is 0 Å². The number of thiol groups is 1. The fourth-order valence-corrected chi connectivity index (χ4v) is 4.19. The van der Waals surface area contributed by atoms with Crippen LogP contribution in [0.2, 0.25) is 0 Å². The van der Waals surface area contributed by atoms with Crippen molar-refractivity contribution in [2.24, 2.45) is 5.14 Å². The van der Waals surface area contributed by atoms with Crippen molar-refractivity contribution in [1.82, 2.24) is 15.0 Å². The first kappa shape index (κ1) is 24.4. The van der Waals surface area contributed by atoms with Crippen molar-refractivity contribution >= 4 is 27.3 Å². The van der Waals surface area contributed by atoms with E-state index in [2.05, 4.69) is 15.0 Å². The third-order valence-corrected chi connectivity index (χ3v) is 6.26. The van der Waals surface area contributed by atoms with Gasteiger partial charge in [-0.1, -0.05) is 0 Å². The van der Waals surface area contributed by atoms with Gasteiger partial charge in [0.05, 0.1) is 12.6 Å². The summed E-state index contributed by atoms with van der Waals surface area (Å²) in [6.45, 7) is 5.77. The molecule has 1 heterocycles. The topological polar surface area (TPSA) is 125 Å². The average Bonchev–Trinajstić information content (AvgIpc) is 2.76. The number of hydrogen-bond acceptors (Lipinski definition) is 6. The van der Waals surface area contributed by atoms with Gasteiger partial charge in [0.2, 0.25) is 0 Å². The van der Waals surface area contributed by atoms with Crippen molar-refractivity contribution in [2.45, 2.75) is 31.3 Å². The second-order valence-corrected chi connectivity index (χ2v) is 10.4. The van der Waals surface area contributed by atoms with E-state index in [4.69, 9.17) is 19.3 Å². The normalized spacial score (nSPS) is 12.3. The first-order valence-electron chi connectivity index (χ1n) is 10.4. The molecule has 0 fully saturated rings. The van der Waals surface area contributed by atoms with Gasteiger partial charge in [0, 0.05) is 45.9 Å². The Bertz CT molecular complexity index is 1160. The molecule has 9 nitrogen and oxygen atoms in total. The molecule has 3 rings (SSSR count). The third-order valence-electron chi connectivity index (χ3n) is 4.50. The molecule has 0 atom stereocenters. The molecule has 0 saturated carbocycles. The summed E-state index contributed by atoms with van der Waals surface area (Å²) in [6.07, 6.45) is 1.12. The molecule has 0 aliphatic rings. The number of nitrogens with one attached hydrogen (secondary N) is 2. The number of ether oxygens (including phenoxy) is 3. The number of pyridine rings is 1. The summed E-state index contributed by atoms with van der Waals surface area (Å²) in [5.41, 5.74) is 0.166. The number of fused-ring (bicyclic) bond motifs is 1. The van der Waals surface area contributed by atoms with Crippen molar-refractivity contribution in [1.29, 1.82) is 0 Å². The molecule has 0 saturated heterocycles. The molecule has 10 heteroatoms. The zero-order valence-electron chi connectivity index (χ0n) is 19.1. The smallest absolute Gasteiger partial charge is 0.407 e. The van der Waals surface area contributed by atoms with Crippen LogP contribution in [0.15, 0.2) is 59.6 Å². The second kappa shape index (κ2) is 10.2. The van der Waals surface area contributed by atoms with Crippen LogP contribution in [-0.4, -0.2) is 41.1 Å². The van der Waals surface area contributed by atoms with Gasteiger partial charge in [-0.3, -0.25) is 14.3 Å². The Morgan fingerprint density at radius 2 is 1.76 bits per heavy atom. The minimum atomic E-state index is -3.32. The van der Waals surface area contributed by atoms with Gasteiger partial charge in [0.25, 0.3) is 0 Å². The fourth-order valence-electron chi connectivity index (χ4n) is 2.97. The van der Waals surface area contributed by atoms with E-state index in [9.17, 15) is 9.00 Å². The maximum absolute atomic E-state index is 12.9. The highest BCUT2D eigenvalue weighted by Crippen LogP contribution is 2.31. The summed E-state index contributed by atoms with van der Waals surface area (Å²) in [5.74, 6) is 1.91. The molecule has 33 heavy (non-hydrogen) atoms. The van der Waals surface area contributed by atoms with Crippen LogP contribution >= 0.6 is 0 Å². The van der Waals surface area contributed by atoms with Crippen molar-refractivity contribution < 1.29 is 23.2 Å². The summed E-state index contributed by atoms with van der Waals surface area (Å²) in [5, 5.41) is 9.43. The number of nitrogens with two attached hydrogens (primary N) is 1. The number of aromatic nitrogens is 1. The SMILES string of the molecule is COc1ccc2c(Oc3ccc([SH](N)(=O)NCCNC(=O)OC(C)(C)C)cc3)ccnc2c1. The zero-order valence-corrected chi connectivity index (χ0v) is 20.0. The van der Waals surface area contributed by atoms with E-state index in [0.717, 1.165) is 10.9 Å². The summed E-state index contributed by atoms with van der Waals surface area (Å²) >= 11 is 0. The van der Waals surface area contributed by atoms with Gasteiger partial charge in [-0.25, -0.2) is 9.52 Å². The molecular formula is C23H30N4O5S. The molecule has 3 aromatic rings. The number of amides is 1. The number of methoxy groups -OCH3 is 1. The Morgan fingerprint density at radius 1 is 1.06 bits per heavy atom. The number of nitrogens with zero attached hydrogens (tertiary/aromatic N) is 1. The highest BCUT2D eigenvalue weighted by Gasteiger charge is 2.16. The Morgan fingerprint density at radius 3 is 2.42 bits per heavy atom. The van der Waals surface area contributed by atoms with E-state index < -0.39 is 22.0 Å². The molecule has 178 valence electrons. The average molecular weight is 475 g/mol. The minimum Gasteiger partial charge on any atom is -0.497 e. The molecule has 0 radical (unpaired) electrons. The molecule has 0 bridgehead atoms. The lowest BCUT2D eigenvalue weighted by Gasteiger charge is -2.22. The van der Waals surface area contributed by atoms with Crippen molar-refractivity contribution in [3.63, 3.8) is 0 Å². The van der Waals surface area contributed by atoms with E-state index in [1.165, 1.54) is 0 Å². The van der Waals surface area contributed by atoms with Crippen molar-refractivity contribution in [3.8, 4) is 17.2 Å². The van der Waals surface area contributed by atoms with Gasteiger partial charge in [-0.2, -0.15) is 0 Å². The molecule has 0 spiro atoms. The van der Waals surface area contributed by atoms with Gasteiger partial charge in [0.1, 0.15) is 22.8 Å². The monoisotopic (exact) mass is 474 g/mol. The van der Waals surface area contributed by atoms with E-state index in [1.807, 2.05) is 18.2 Å². The predicted octanol–water partition coefficient (Wildman–Crippen LogP) is 3.31. The largest absolute Gasteiger partial charge is 0.497 e. The lowest BCUT2D eigenvalue weighted by atomic mass is 10.2. The first-order valence-corrected chi connectivity index (χ1v) is 12.2. The maximum Gasteiger partial charge on any atom is 0.407 e. The van der Waals surface area contributed by atoms with E-state index in [1.54, 1.807) is 64.4 Å². The minimum absolute atomic E-state index is 0.219. The highest BCUT2D eigenvalue weighted by molar-refractivity contribution is 7.99. The molecule has 1 amide bonds. The summed E-state index contributed by atoms with van der Waals surface area (Å²) < 4.78 is 32.1. The molecule has 1 aromatic heterocycles. The van der Waals surface area contributed by atoms with Crippen LogP contribution < -0.4 is 24.7 Å². The van der Waals surface area contributed by atoms with E-state index >= 15 is 0 Å². The van der Waals surface area contributed by atoms with Gasteiger partial charge in [-0.15, -0.1) is 0 Å². The van der Waals surface area contributed by atoms with E-state index in [-0.39, 0.29) is 13.1 Å². The Balaban J connectivity index is 1.60. The van der Waals surface area contributed by atoms with Gasteiger partial charge >= 0.3 is 6.09 Å². The number of carbonyl (C=O) groups excluding carboxylic acids is 1. The maximum atomic E-state index is 12.9. The molecule has 4 N–H and O–H groups in total. The lowest BCUT2D eigenvalue weighted by molar-refractivity contribution is 0.0529. The van der Waals surface area contributed by atoms with Crippen LogP contribution in [0.25, 0.3) is 10.9 Å². The first-order chi connectivity index (χ1) is 15.6. The number of carbonyl (C=O) groups is 1. The number of rotatable bonds is 8. The number of hydrogen-bond donors (Lipinski definition) is 4. The zero-order chi connectivity index (χ0) is 24.1. The quantitative estimate of drug-likeness (QED) is 0.293. The van der Waals surface area contributed by atoms with Crippen LogP contribution in [0.1, 0.15) is 20.8 Å². The van der Waals surface area contributed by atoms with Crippen LogP contribution in [-0.2, 0) is 15.0 Å². The molecular weight excluding hydrogens is 444 g/mol. The Kier molecular flexibility index (Phi) is 7.52. The van der Waals surface area contributed by atoms with Gasteiger partial charge < -0.3 is 19.5 Å². The second-order valence-electron chi connectivity index (χ2n) is 8.28.